The predicted octanol–water partition coefficient (Wildman–Crippen LogP) is 3.01. The number of amides is 3. The third kappa shape index (κ3) is 3.40. The second kappa shape index (κ2) is 7.40. The highest BCUT2D eigenvalue weighted by molar-refractivity contribution is 6.33. The van der Waals surface area contributed by atoms with Crippen LogP contribution in [-0.4, -0.2) is 34.2 Å². The van der Waals surface area contributed by atoms with Gasteiger partial charge >= 0.3 is 6.03 Å². The molecule has 27 heavy (non-hydrogen) atoms. The van der Waals surface area contributed by atoms with E-state index in [-0.39, 0.29) is 22.0 Å². The van der Waals surface area contributed by atoms with Crippen LogP contribution in [0.3, 0.4) is 0 Å². The van der Waals surface area contributed by atoms with Crippen molar-refractivity contribution in [1.82, 2.24) is 15.3 Å². The van der Waals surface area contributed by atoms with Gasteiger partial charge in [0.05, 0.1) is 22.6 Å². The van der Waals surface area contributed by atoms with Crippen LogP contribution >= 0.6 is 11.6 Å². The van der Waals surface area contributed by atoms with E-state index in [1.807, 2.05) is 6.92 Å². The Morgan fingerprint density at radius 3 is 2.67 bits per heavy atom. The third-order valence-corrected chi connectivity index (χ3v) is 4.40. The van der Waals surface area contributed by atoms with Gasteiger partial charge in [0.2, 0.25) is 0 Å². The quantitative estimate of drug-likeness (QED) is 0.640. The zero-order valence-corrected chi connectivity index (χ0v) is 15.4. The molecule has 1 N–H and O–H groups in total. The van der Waals surface area contributed by atoms with E-state index < -0.39 is 29.5 Å². The molecule has 0 radical (unpaired) electrons. The minimum atomic E-state index is -1.39. The molecule has 140 valence electrons. The number of nitrogens with one attached hydrogen (secondary N) is 1. The summed E-state index contributed by atoms with van der Waals surface area (Å²) >= 11 is 5.82. The Balaban J connectivity index is 2.06. The van der Waals surface area contributed by atoms with Crippen LogP contribution < -0.4 is 10.2 Å². The molecule has 3 rings (SSSR count). The van der Waals surface area contributed by atoms with Crippen LogP contribution in [0.2, 0.25) is 5.02 Å². The second-order valence-electron chi connectivity index (χ2n) is 6.07. The summed E-state index contributed by atoms with van der Waals surface area (Å²) in [6.45, 7) is 3.90. The van der Waals surface area contributed by atoms with Crippen LogP contribution in [0.5, 0.6) is 0 Å². The minimum absolute atomic E-state index is 0.0453. The molecule has 0 fully saturated rings. The van der Waals surface area contributed by atoms with Crippen molar-refractivity contribution < 1.29 is 18.8 Å². The van der Waals surface area contributed by atoms with Crippen LogP contribution in [0.1, 0.15) is 41.0 Å². The van der Waals surface area contributed by atoms with E-state index in [0.29, 0.717) is 18.7 Å². The van der Waals surface area contributed by atoms with Gasteiger partial charge in [0.25, 0.3) is 5.91 Å². The van der Waals surface area contributed by atoms with Gasteiger partial charge in [0, 0.05) is 12.7 Å². The van der Waals surface area contributed by atoms with Crippen molar-refractivity contribution >= 4 is 35.0 Å². The maximum Gasteiger partial charge on any atom is 0.328 e. The van der Waals surface area contributed by atoms with E-state index in [1.54, 1.807) is 6.92 Å². The average Bonchev–Trinajstić information content (AvgIpc) is 2.91. The van der Waals surface area contributed by atoms with Crippen LogP contribution in [0.4, 0.5) is 14.9 Å². The first kappa shape index (κ1) is 18.9. The van der Waals surface area contributed by atoms with Gasteiger partial charge in [0.15, 0.2) is 5.78 Å². The largest absolute Gasteiger partial charge is 0.337 e. The summed E-state index contributed by atoms with van der Waals surface area (Å²) in [4.78, 5) is 47.0. The lowest BCUT2D eigenvalue weighted by atomic mass is 9.94. The SMILES string of the molecule is CCCNC(=O)N1C(=O)C(C(=O)c2cnc(C)cn2)c2cc(F)c(Cl)cc21. The van der Waals surface area contributed by atoms with Crippen LogP contribution in [-0.2, 0) is 4.79 Å². The number of nitrogens with zero attached hydrogens (tertiary/aromatic N) is 3. The predicted molar refractivity (Wildman–Crippen MR) is 96.4 cm³/mol. The van der Waals surface area contributed by atoms with E-state index in [1.165, 1.54) is 18.5 Å². The number of imide groups is 1. The van der Waals surface area contributed by atoms with Crippen molar-refractivity contribution in [2.24, 2.45) is 0 Å². The molecule has 0 saturated carbocycles. The molecular formula is C18H16ClFN4O3. The molecule has 2 aromatic rings. The smallest absolute Gasteiger partial charge is 0.328 e. The normalized spacial score (nSPS) is 15.6. The number of carbonyl (C=O) groups excluding carboxylic acids is 3. The van der Waals surface area contributed by atoms with Crippen LogP contribution in [0.15, 0.2) is 24.5 Å². The molecule has 1 aliphatic heterocycles. The van der Waals surface area contributed by atoms with E-state index in [9.17, 15) is 18.8 Å². The third-order valence-electron chi connectivity index (χ3n) is 4.11. The minimum Gasteiger partial charge on any atom is -0.337 e. The highest BCUT2D eigenvalue weighted by atomic mass is 35.5. The molecule has 3 amide bonds. The molecule has 1 atom stereocenters. The lowest BCUT2D eigenvalue weighted by Gasteiger charge is -2.16. The molecule has 0 aliphatic carbocycles. The number of carbonyl (C=O) groups is 3. The van der Waals surface area contributed by atoms with Gasteiger partial charge in [-0.05, 0) is 31.0 Å². The molecule has 9 heteroatoms. The molecule has 0 bridgehead atoms. The number of anilines is 1. The number of urea groups is 1. The Labute approximate surface area is 159 Å². The summed E-state index contributed by atoms with van der Waals surface area (Å²) in [6.07, 6.45) is 3.30. The van der Waals surface area contributed by atoms with Crippen molar-refractivity contribution in [3.8, 4) is 0 Å². The number of fused-ring (bicyclic) bond motifs is 1. The fraction of sp³-hybridized carbons (Fsp3) is 0.278. The maximum atomic E-state index is 14.0. The molecule has 2 heterocycles. The highest BCUT2D eigenvalue weighted by Gasteiger charge is 2.46. The van der Waals surface area contributed by atoms with Gasteiger partial charge < -0.3 is 5.32 Å². The van der Waals surface area contributed by atoms with Gasteiger partial charge in [-0.15, -0.1) is 0 Å². The van der Waals surface area contributed by atoms with E-state index in [2.05, 4.69) is 15.3 Å². The first-order valence-electron chi connectivity index (χ1n) is 8.28. The Morgan fingerprint density at radius 2 is 2.04 bits per heavy atom. The number of aryl methyl sites for hydroxylation is 1. The fourth-order valence-corrected chi connectivity index (χ4v) is 2.96. The molecule has 7 nitrogen and oxygen atoms in total. The number of hydrogen-bond acceptors (Lipinski definition) is 5. The molecule has 1 unspecified atom stereocenters. The number of aromatic nitrogens is 2. The lowest BCUT2D eigenvalue weighted by molar-refractivity contribution is -0.117. The Morgan fingerprint density at radius 1 is 1.30 bits per heavy atom. The zero-order chi connectivity index (χ0) is 19.7. The lowest BCUT2D eigenvalue weighted by Crippen LogP contribution is -2.43. The summed E-state index contributed by atoms with van der Waals surface area (Å²) in [5.74, 6) is -3.63. The van der Waals surface area contributed by atoms with Gasteiger partial charge in [-0.3, -0.25) is 14.6 Å². The molecule has 0 spiro atoms. The summed E-state index contributed by atoms with van der Waals surface area (Å²) in [6, 6.07) is 1.48. The summed E-state index contributed by atoms with van der Waals surface area (Å²) < 4.78 is 14.0. The molecule has 1 aliphatic rings. The number of benzene rings is 1. The van der Waals surface area contributed by atoms with E-state index in [0.717, 1.165) is 11.0 Å². The van der Waals surface area contributed by atoms with Crippen molar-refractivity contribution in [3.05, 3.63) is 52.3 Å². The van der Waals surface area contributed by atoms with E-state index in [4.69, 9.17) is 11.6 Å². The standard InChI is InChI=1S/C18H16ClFN4O3/c1-3-4-21-18(27)24-14-6-11(19)12(20)5-10(14)15(17(24)26)16(25)13-8-22-9(2)7-23-13/h5-8,15H,3-4H2,1-2H3,(H,21,27). The van der Waals surface area contributed by atoms with Crippen molar-refractivity contribution in [2.75, 3.05) is 11.4 Å². The average molecular weight is 391 g/mol. The van der Waals surface area contributed by atoms with E-state index >= 15 is 0 Å². The monoisotopic (exact) mass is 390 g/mol. The topological polar surface area (TPSA) is 92.3 Å². The maximum absolute atomic E-state index is 14.0. The Kier molecular flexibility index (Phi) is 5.18. The van der Waals surface area contributed by atoms with Gasteiger partial charge in [-0.1, -0.05) is 18.5 Å². The van der Waals surface area contributed by atoms with Crippen molar-refractivity contribution in [3.63, 3.8) is 0 Å². The van der Waals surface area contributed by atoms with Crippen molar-refractivity contribution in [2.45, 2.75) is 26.2 Å². The number of ketones is 1. The number of Topliss-reactive ketones (excluding diaryl/α,β-unsaturated/α-hetero) is 1. The number of hydrogen-bond donors (Lipinski definition) is 1. The van der Waals surface area contributed by atoms with Gasteiger partial charge in [-0.25, -0.2) is 19.1 Å². The summed E-state index contributed by atoms with van der Waals surface area (Å²) in [7, 11) is 0. The van der Waals surface area contributed by atoms with Crippen LogP contribution in [0, 0.1) is 12.7 Å². The first-order chi connectivity index (χ1) is 12.8. The van der Waals surface area contributed by atoms with Gasteiger partial charge in [0.1, 0.15) is 17.4 Å². The molecular weight excluding hydrogens is 375 g/mol. The zero-order valence-electron chi connectivity index (χ0n) is 14.6. The Bertz CT molecular complexity index is 933. The fourth-order valence-electron chi connectivity index (χ4n) is 2.80. The molecule has 0 saturated heterocycles. The first-order valence-corrected chi connectivity index (χ1v) is 8.66. The molecule has 1 aromatic heterocycles. The highest BCUT2D eigenvalue weighted by Crippen LogP contribution is 2.41. The second-order valence-corrected chi connectivity index (χ2v) is 6.48. The molecule has 1 aromatic carbocycles. The Hall–Kier alpha value is -2.87. The number of halogens is 2. The number of rotatable bonds is 4. The summed E-state index contributed by atoms with van der Waals surface area (Å²) in [5.41, 5.74) is 0.707. The van der Waals surface area contributed by atoms with Gasteiger partial charge in [-0.2, -0.15) is 0 Å². The van der Waals surface area contributed by atoms with Crippen LogP contribution in [0.25, 0.3) is 0 Å². The van der Waals surface area contributed by atoms with Crippen molar-refractivity contribution in [1.29, 1.82) is 0 Å². The summed E-state index contributed by atoms with van der Waals surface area (Å²) in [5, 5.41) is 2.32.